The van der Waals surface area contributed by atoms with E-state index in [9.17, 15) is 26.4 Å². The molecule has 0 saturated carbocycles. The molecular formula is C22H25F3N2O4S. The number of ether oxygens (including phenoxy) is 1. The van der Waals surface area contributed by atoms with Crippen LogP contribution in [0.1, 0.15) is 29.5 Å². The first-order valence-electron chi connectivity index (χ1n) is 10.0. The molecule has 1 N–H and O–H groups in total. The van der Waals surface area contributed by atoms with Gasteiger partial charge in [0.25, 0.3) is 0 Å². The number of hydrogen-bond acceptors (Lipinski definition) is 4. The van der Waals surface area contributed by atoms with Crippen LogP contribution >= 0.6 is 0 Å². The quantitative estimate of drug-likeness (QED) is 0.703. The number of nitrogens with one attached hydrogen (secondary N) is 1. The Morgan fingerprint density at radius 2 is 1.75 bits per heavy atom. The minimum absolute atomic E-state index is 0.0606. The van der Waals surface area contributed by atoms with Crippen LogP contribution in [0.25, 0.3) is 0 Å². The zero-order valence-electron chi connectivity index (χ0n) is 17.8. The highest BCUT2D eigenvalue weighted by Gasteiger charge is 2.43. The maximum absolute atomic E-state index is 13.3. The molecule has 10 heteroatoms. The van der Waals surface area contributed by atoms with Gasteiger partial charge in [-0.3, -0.25) is 4.79 Å². The monoisotopic (exact) mass is 470 g/mol. The summed E-state index contributed by atoms with van der Waals surface area (Å²) in [6, 6.07) is 11.1. The molecule has 32 heavy (non-hydrogen) atoms. The Hall–Kier alpha value is -2.43. The Kier molecular flexibility index (Phi) is 6.97. The largest absolute Gasteiger partial charge is 0.416 e. The van der Waals surface area contributed by atoms with E-state index in [0.29, 0.717) is 5.56 Å². The van der Waals surface area contributed by atoms with Crippen LogP contribution in [0.4, 0.5) is 13.2 Å². The Balaban J connectivity index is 1.92. The summed E-state index contributed by atoms with van der Waals surface area (Å²) >= 11 is 0. The lowest BCUT2D eigenvalue weighted by molar-refractivity contribution is -0.138. The number of halogens is 3. The maximum atomic E-state index is 13.3. The summed E-state index contributed by atoms with van der Waals surface area (Å²) < 4.78 is 71.4. The van der Waals surface area contributed by atoms with E-state index in [2.05, 4.69) is 5.32 Å². The number of sulfonamides is 1. The minimum Gasteiger partial charge on any atom is -0.381 e. The number of alkyl halides is 3. The molecule has 1 heterocycles. The summed E-state index contributed by atoms with van der Waals surface area (Å²) in [6.45, 7) is 0.383. The van der Waals surface area contributed by atoms with E-state index in [4.69, 9.17) is 4.74 Å². The Labute approximate surface area is 185 Å². The molecule has 174 valence electrons. The fourth-order valence-electron chi connectivity index (χ4n) is 3.80. The molecule has 6 nitrogen and oxygen atoms in total. The molecule has 3 rings (SSSR count). The second-order valence-electron chi connectivity index (χ2n) is 7.85. The van der Waals surface area contributed by atoms with Crippen LogP contribution < -0.4 is 5.32 Å². The van der Waals surface area contributed by atoms with Crippen LogP contribution in [0.15, 0.2) is 53.4 Å². The number of hydrogen-bond donors (Lipinski definition) is 1. The molecule has 0 aliphatic carbocycles. The predicted molar refractivity (Wildman–Crippen MR) is 112 cm³/mol. The average molecular weight is 471 g/mol. The zero-order chi connectivity index (χ0) is 23.6. The molecule has 0 bridgehead atoms. The van der Waals surface area contributed by atoms with E-state index in [-0.39, 0.29) is 43.1 Å². The molecule has 0 radical (unpaired) electrons. The third kappa shape index (κ3) is 4.82. The molecule has 1 saturated heterocycles. The predicted octanol–water partition coefficient (Wildman–Crippen LogP) is 3.32. The highest BCUT2D eigenvalue weighted by molar-refractivity contribution is 7.89. The molecule has 2 aromatic carbocycles. The van der Waals surface area contributed by atoms with Crippen molar-refractivity contribution in [3.05, 3.63) is 65.2 Å². The van der Waals surface area contributed by atoms with Crippen molar-refractivity contribution in [1.82, 2.24) is 9.62 Å². The van der Waals surface area contributed by atoms with Crippen LogP contribution in [0.2, 0.25) is 0 Å². The lowest BCUT2D eigenvalue weighted by atomic mass is 9.73. The van der Waals surface area contributed by atoms with Gasteiger partial charge in [-0.1, -0.05) is 36.4 Å². The SMILES string of the molecule is CN(C)S(=O)(=O)c1ccccc1CNC(=O)C1(c2cccc(C(F)(F)F)c2)CCOCC1. The fraction of sp³-hybridized carbons (Fsp3) is 0.409. The van der Waals surface area contributed by atoms with Gasteiger partial charge in [0.2, 0.25) is 15.9 Å². The number of carbonyl (C=O) groups excluding carboxylic acids is 1. The topological polar surface area (TPSA) is 75.7 Å². The van der Waals surface area contributed by atoms with Crippen LogP contribution in [0.5, 0.6) is 0 Å². The molecule has 1 fully saturated rings. The first-order valence-corrected chi connectivity index (χ1v) is 11.5. The van der Waals surface area contributed by atoms with Gasteiger partial charge < -0.3 is 10.1 Å². The zero-order valence-corrected chi connectivity index (χ0v) is 18.6. The number of benzene rings is 2. The Morgan fingerprint density at radius 1 is 1.09 bits per heavy atom. The summed E-state index contributed by atoms with van der Waals surface area (Å²) in [5.41, 5.74) is -1.37. The van der Waals surface area contributed by atoms with Crippen LogP contribution in [0.3, 0.4) is 0 Å². The first-order chi connectivity index (χ1) is 15.0. The van der Waals surface area contributed by atoms with E-state index < -0.39 is 33.1 Å². The van der Waals surface area contributed by atoms with Crippen molar-refractivity contribution in [1.29, 1.82) is 0 Å². The summed E-state index contributed by atoms with van der Waals surface area (Å²) in [5.74, 6) is -0.461. The van der Waals surface area contributed by atoms with Crippen molar-refractivity contribution in [2.24, 2.45) is 0 Å². The highest BCUT2D eigenvalue weighted by atomic mass is 32.2. The number of amides is 1. The van der Waals surface area contributed by atoms with Crippen LogP contribution in [-0.4, -0.2) is 45.9 Å². The van der Waals surface area contributed by atoms with E-state index in [0.717, 1.165) is 16.4 Å². The summed E-state index contributed by atoms with van der Waals surface area (Å²) in [7, 11) is -0.909. The fourth-order valence-corrected chi connectivity index (χ4v) is 4.92. The van der Waals surface area contributed by atoms with Gasteiger partial charge in [0.1, 0.15) is 0 Å². The van der Waals surface area contributed by atoms with Gasteiger partial charge in [0.05, 0.1) is 15.9 Å². The van der Waals surface area contributed by atoms with Crippen molar-refractivity contribution in [3.8, 4) is 0 Å². The number of rotatable bonds is 6. The number of nitrogens with zero attached hydrogens (tertiary/aromatic N) is 1. The van der Waals surface area contributed by atoms with Crippen molar-refractivity contribution in [3.63, 3.8) is 0 Å². The molecule has 1 amide bonds. The second kappa shape index (κ2) is 9.21. The second-order valence-corrected chi connectivity index (χ2v) is 9.97. The van der Waals surface area contributed by atoms with Crippen LogP contribution in [-0.2, 0) is 37.7 Å². The van der Waals surface area contributed by atoms with Crippen molar-refractivity contribution >= 4 is 15.9 Å². The van der Waals surface area contributed by atoms with Gasteiger partial charge in [0, 0.05) is 33.9 Å². The molecule has 0 spiro atoms. The minimum atomic E-state index is -4.53. The third-order valence-corrected chi connectivity index (χ3v) is 7.61. The van der Waals surface area contributed by atoms with E-state index in [1.165, 1.54) is 32.3 Å². The normalized spacial score (nSPS) is 16.7. The van der Waals surface area contributed by atoms with Crippen molar-refractivity contribution < 1.29 is 31.1 Å². The molecular weight excluding hydrogens is 445 g/mol. The Bertz CT molecular complexity index is 1080. The number of carbonyl (C=O) groups is 1. The molecule has 1 aliphatic heterocycles. The van der Waals surface area contributed by atoms with Gasteiger partial charge in [-0.15, -0.1) is 0 Å². The molecule has 0 unspecified atom stereocenters. The van der Waals surface area contributed by atoms with E-state index in [1.807, 2.05) is 0 Å². The first kappa shape index (κ1) is 24.2. The van der Waals surface area contributed by atoms with Gasteiger partial charge in [-0.05, 0) is 36.1 Å². The van der Waals surface area contributed by atoms with Crippen molar-refractivity contribution in [2.45, 2.75) is 35.9 Å². The van der Waals surface area contributed by atoms with Gasteiger partial charge in [-0.2, -0.15) is 13.2 Å². The summed E-state index contributed by atoms with van der Waals surface area (Å²) in [5, 5.41) is 2.76. The van der Waals surface area contributed by atoms with E-state index >= 15 is 0 Å². The molecule has 1 aliphatic rings. The van der Waals surface area contributed by atoms with Crippen LogP contribution in [0, 0.1) is 0 Å². The van der Waals surface area contributed by atoms with Gasteiger partial charge in [-0.25, -0.2) is 12.7 Å². The van der Waals surface area contributed by atoms with Crippen molar-refractivity contribution in [2.75, 3.05) is 27.3 Å². The van der Waals surface area contributed by atoms with E-state index in [1.54, 1.807) is 18.2 Å². The Morgan fingerprint density at radius 3 is 2.38 bits per heavy atom. The lowest BCUT2D eigenvalue weighted by Crippen LogP contribution is -2.48. The molecule has 2 aromatic rings. The summed E-state index contributed by atoms with van der Waals surface area (Å²) in [6.07, 6.45) is -4.09. The molecule has 0 aromatic heterocycles. The average Bonchev–Trinajstić information content (AvgIpc) is 2.77. The summed E-state index contributed by atoms with van der Waals surface area (Å²) in [4.78, 5) is 13.4. The highest BCUT2D eigenvalue weighted by Crippen LogP contribution is 2.38. The molecule has 0 atom stereocenters. The van der Waals surface area contributed by atoms with Gasteiger partial charge >= 0.3 is 6.18 Å². The van der Waals surface area contributed by atoms with Gasteiger partial charge in [0.15, 0.2) is 0 Å². The lowest BCUT2D eigenvalue weighted by Gasteiger charge is -2.36. The smallest absolute Gasteiger partial charge is 0.381 e. The third-order valence-electron chi connectivity index (χ3n) is 5.69. The maximum Gasteiger partial charge on any atom is 0.416 e. The standard InChI is InChI=1S/C22H25F3N2O4S/c1-27(2)32(29,30)19-9-4-3-6-16(19)15-26-20(28)21(10-12-31-13-11-21)17-7-5-8-18(14-17)22(23,24)25/h3-9,14H,10-13,15H2,1-2H3,(H,26,28).